The Morgan fingerprint density at radius 3 is 1.55 bits per heavy atom. The van der Waals surface area contributed by atoms with Crippen LogP contribution < -0.4 is 0 Å². The van der Waals surface area contributed by atoms with Gasteiger partial charge in [0.15, 0.2) is 0 Å². The van der Waals surface area contributed by atoms with Gasteiger partial charge in [-0.1, -0.05) is 13.8 Å². The van der Waals surface area contributed by atoms with E-state index in [9.17, 15) is 4.79 Å². The number of piperidine rings is 2. The van der Waals surface area contributed by atoms with Gasteiger partial charge in [0.2, 0.25) is 0 Å². The quantitative estimate of drug-likeness (QED) is 0.716. The molecule has 0 spiro atoms. The van der Waals surface area contributed by atoms with Crippen molar-refractivity contribution in [3.05, 3.63) is 0 Å². The molecule has 0 unspecified atom stereocenters. The fourth-order valence-corrected chi connectivity index (χ4v) is 3.97. The number of hydrogen-bond acceptors (Lipinski definition) is 5. The van der Waals surface area contributed by atoms with Crippen LogP contribution in [0, 0.1) is 33.5 Å². The fourth-order valence-electron chi connectivity index (χ4n) is 3.97. The van der Waals surface area contributed by atoms with E-state index in [4.69, 9.17) is 10.5 Å². The van der Waals surface area contributed by atoms with Crippen molar-refractivity contribution in [2.45, 2.75) is 26.7 Å². The molecule has 0 amide bonds. The van der Waals surface area contributed by atoms with Crippen molar-refractivity contribution in [2.75, 3.05) is 39.3 Å². The van der Waals surface area contributed by atoms with Crippen molar-refractivity contribution in [3.63, 3.8) is 0 Å². The Bertz CT molecular complexity index is 419. The molecule has 2 saturated heterocycles. The molecule has 0 radical (unpaired) electrons. The fraction of sp³-hybridized carbons (Fsp3) is 0.800. The number of hydrogen-bond donors (Lipinski definition) is 0. The van der Waals surface area contributed by atoms with Gasteiger partial charge in [0.05, 0.1) is 36.1 Å². The van der Waals surface area contributed by atoms with Crippen LogP contribution in [0.5, 0.6) is 0 Å². The molecular weight excluding hydrogens is 252 g/mol. The van der Waals surface area contributed by atoms with Gasteiger partial charge in [0.25, 0.3) is 0 Å². The highest BCUT2D eigenvalue weighted by atomic mass is 16.1. The first-order valence-corrected chi connectivity index (χ1v) is 7.29. The van der Waals surface area contributed by atoms with Crippen LogP contribution in [0.15, 0.2) is 0 Å². The van der Waals surface area contributed by atoms with Crippen molar-refractivity contribution in [3.8, 4) is 12.1 Å². The first-order valence-electron chi connectivity index (χ1n) is 7.29. The van der Waals surface area contributed by atoms with E-state index in [2.05, 4.69) is 21.9 Å². The van der Waals surface area contributed by atoms with Crippen molar-refractivity contribution in [2.24, 2.45) is 10.8 Å². The molecule has 0 aromatic heterocycles. The van der Waals surface area contributed by atoms with Crippen molar-refractivity contribution in [1.82, 2.24) is 9.80 Å². The average Bonchev–Trinajstić information content (AvgIpc) is 2.42. The number of carbonyl (C=O) groups excluding carboxylic acids is 1. The molecular formula is C15H22N4O. The van der Waals surface area contributed by atoms with E-state index in [0.29, 0.717) is 45.1 Å². The molecule has 0 aromatic rings. The lowest BCUT2D eigenvalue weighted by Gasteiger charge is -2.56. The van der Waals surface area contributed by atoms with Crippen LogP contribution in [0.4, 0.5) is 0 Å². The second-order valence-electron chi connectivity index (χ2n) is 6.20. The van der Waals surface area contributed by atoms with Crippen LogP contribution in [0.25, 0.3) is 0 Å². The maximum absolute atomic E-state index is 13.0. The SMILES string of the molecule is CCC12CN(CC#N)CC(CC)(CN(CC#N)C1)C2=O. The summed E-state index contributed by atoms with van der Waals surface area (Å²) in [6.45, 7) is 7.47. The summed E-state index contributed by atoms with van der Waals surface area (Å²) in [6.07, 6.45) is 1.55. The van der Waals surface area contributed by atoms with Gasteiger partial charge in [0.1, 0.15) is 5.78 Å². The number of fused-ring (bicyclic) bond motifs is 2. The van der Waals surface area contributed by atoms with E-state index in [1.54, 1.807) is 0 Å². The number of Topliss-reactive ketones (excluding diaryl/α,β-unsaturated/α-hetero) is 1. The number of nitriles is 2. The highest BCUT2D eigenvalue weighted by Crippen LogP contribution is 2.46. The van der Waals surface area contributed by atoms with Gasteiger partial charge >= 0.3 is 0 Å². The summed E-state index contributed by atoms with van der Waals surface area (Å²) in [5.41, 5.74) is -0.805. The summed E-state index contributed by atoms with van der Waals surface area (Å²) in [6, 6.07) is 4.42. The molecule has 0 atom stereocenters. The van der Waals surface area contributed by atoms with Gasteiger partial charge in [-0.05, 0) is 12.8 Å². The molecule has 2 rings (SSSR count). The molecule has 0 saturated carbocycles. The summed E-state index contributed by atoms with van der Waals surface area (Å²) >= 11 is 0. The molecule has 0 aliphatic carbocycles. The minimum Gasteiger partial charge on any atom is -0.298 e. The topological polar surface area (TPSA) is 71.1 Å². The zero-order valence-corrected chi connectivity index (χ0v) is 12.4. The zero-order valence-electron chi connectivity index (χ0n) is 12.4. The van der Waals surface area contributed by atoms with Gasteiger partial charge < -0.3 is 0 Å². The van der Waals surface area contributed by atoms with Gasteiger partial charge in [-0.2, -0.15) is 10.5 Å². The van der Waals surface area contributed by atoms with Crippen molar-refractivity contribution in [1.29, 1.82) is 10.5 Å². The first-order chi connectivity index (χ1) is 9.55. The van der Waals surface area contributed by atoms with E-state index in [1.165, 1.54) is 0 Å². The lowest BCUT2D eigenvalue weighted by molar-refractivity contribution is -0.161. The van der Waals surface area contributed by atoms with Gasteiger partial charge in [-0.15, -0.1) is 0 Å². The Hall–Kier alpha value is -1.43. The molecule has 2 heterocycles. The Kier molecular flexibility index (Phi) is 4.13. The Morgan fingerprint density at radius 1 is 0.950 bits per heavy atom. The molecule has 0 aromatic carbocycles. The largest absolute Gasteiger partial charge is 0.298 e. The lowest BCUT2D eigenvalue weighted by atomic mass is 9.60. The van der Waals surface area contributed by atoms with Crippen LogP contribution in [-0.2, 0) is 4.79 Å². The summed E-state index contributed by atoms with van der Waals surface area (Å²) in [4.78, 5) is 17.2. The van der Waals surface area contributed by atoms with E-state index in [-0.39, 0.29) is 0 Å². The number of rotatable bonds is 4. The third-order valence-electron chi connectivity index (χ3n) is 5.01. The maximum Gasteiger partial charge on any atom is 0.150 e. The highest BCUT2D eigenvalue weighted by Gasteiger charge is 2.58. The lowest BCUT2D eigenvalue weighted by Crippen LogP contribution is -2.69. The molecule has 0 N–H and O–H groups in total. The second-order valence-corrected chi connectivity index (χ2v) is 6.20. The standard InChI is InChI=1S/C15H22N4O/c1-3-14-9-18(7-5-16)11-15(4-2,13(14)20)12-19(10-14)8-6-17/h3-4,7-12H2,1-2H3. The number of ketones is 1. The zero-order chi connectivity index (χ0) is 14.8. The number of nitrogens with zero attached hydrogens (tertiary/aromatic N) is 4. The average molecular weight is 274 g/mol. The third-order valence-corrected chi connectivity index (χ3v) is 5.01. The second kappa shape index (κ2) is 5.52. The van der Waals surface area contributed by atoms with Crippen molar-refractivity contribution >= 4 is 5.78 Å². The van der Waals surface area contributed by atoms with E-state index < -0.39 is 10.8 Å². The first kappa shape index (κ1) is 15.0. The van der Waals surface area contributed by atoms with Gasteiger partial charge in [-0.3, -0.25) is 14.6 Å². The normalized spacial score (nSPS) is 34.5. The predicted molar refractivity (Wildman–Crippen MR) is 74.6 cm³/mol. The van der Waals surface area contributed by atoms with Gasteiger partial charge in [0, 0.05) is 26.2 Å². The van der Waals surface area contributed by atoms with Crippen LogP contribution in [0.2, 0.25) is 0 Å². The molecule has 2 aliphatic heterocycles. The van der Waals surface area contributed by atoms with Crippen LogP contribution in [0.3, 0.4) is 0 Å². The smallest absolute Gasteiger partial charge is 0.150 e. The monoisotopic (exact) mass is 274 g/mol. The summed E-state index contributed by atoms with van der Waals surface area (Å²) in [5.74, 6) is 0.360. The van der Waals surface area contributed by atoms with Crippen molar-refractivity contribution < 1.29 is 4.79 Å². The molecule has 5 heteroatoms. The maximum atomic E-state index is 13.0. The Balaban J connectivity index is 2.37. The minimum atomic E-state index is -0.403. The van der Waals surface area contributed by atoms with E-state index >= 15 is 0 Å². The van der Waals surface area contributed by atoms with Gasteiger partial charge in [-0.25, -0.2) is 0 Å². The molecule has 20 heavy (non-hydrogen) atoms. The molecule has 2 aliphatic rings. The Morgan fingerprint density at radius 2 is 1.30 bits per heavy atom. The molecule has 2 bridgehead atoms. The molecule has 2 fully saturated rings. The predicted octanol–water partition coefficient (Wildman–Crippen LogP) is 1.03. The number of carbonyl (C=O) groups is 1. The summed E-state index contributed by atoms with van der Waals surface area (Å²) in [7, 11) is 0. The van der Waals surface area contributed by atoms with E-state index in [0.717, 1.165) is 12.8 Å². The highest BCUT2D eigenvalue weighted by molar-refractivity contribution is 5.93. The minimum absolute atomic E-state index is 0.360. The van der Waals surface area contributed by atoms with Crippen LogP contribution in [0.1, 0.15) is 26.7 Å². The summed E-state index contributed by atoms with van der Waals surface area (Å²) in [5, 5.41) is 17.9. The molecule has 5 nitrogen and oxygen atoms in total. The third kappa shape index (κ3) is 2.22. The van der Waals surface area contributed by atoms with E-state index in [1.807, 2.05) is 13.8 Å². The molecule has 108 valence electrons. The Labute approximate surface area is 120 Å². The summed E-state index contributed by atoms with van der Waals surface area (Å²) < 4.78 is 0. The number of likely N-dealkylation sites (tertiary alicyclic amines) is 2. The van der Waals surface area contributed by atoms with Crippen LogP contribution in [-0.4, -0.2) is 54.9 Å². The van der Waals surface area contributed by atoms with Crippen LogP contribution >= 0.6 is 0 Å².